The predicted molar refractivity (Wildman–Crippen MR) is 47.9 cm³/mol. The summed E-state index contributed by atoms with van der Waals surface area (Å²) < 4.78 is 10.9. The second-order valence-corrected chi connectivity index (χ2v) is 3.60. The predicted octanol–water partition coefficient (Wildman–Crippen LogP) is 1.54. The zero-order valence-electron chi connectivity index (χ0n) is 8.63. The first kappa shape index (κ1) is 11.9. The van der Waals surface area contributed by atoms with Crippen molar-refractivity contribution in [3.05, 3.63) is 0 Å². The van der Waals surface area contributed by atoms with Gasteiger partial charge < -0.3 is 14.6 Å². The molecule has 1 rings (SSSR count). The Hall–Kier alpha value is -0.120. The summed E-state index contributed by atoms with van der Waals surface area (Å²) in [5.41, 5.74) is -0.00289. The summed E-state index contributed by atoms with van der Waals surface area (Å²) in [6, 6.07) is 0. The average molecular weight is 176 g/mol. The Kier molecular flexibility index (Phi) is 4.75. The molecule has 0 amide bonds. The molecule has 0 radical (unpaired) electrons. The van der Waals surface area contributed by atoms with Crippen molar-refractivity contribution in [2.45, 2.75) is 52.1 Å². The van der Waals surface area contributed by atoms with Gasteiger partial charge in [0.05, 0.1) is 11.7 Å². The molecule has 1 saturated heterocycles. The first-order valence-electron chi connectivity index (χ1n) is 4.27. The molecule has 2 unspecified atom stereocenters. The number of hydrogen-bond donors (Lipinski definition) is 1. The molecule has 1 heterocycles. The van der Waals surface area contributed by atoms with Gasteiger partial charge in [-0.05, 0) is 27.7 Å². The van der Waals surface area contributed by atoms with Crippen LogP contribution in [0, 0.1) is 0 Å². The zero-order valence-corrected chi connectivity index (χ0v) is 8.63. The van der Waals surface area contributed by atoms with Gasteiger partial charge in [-0.2, -0.15) is 0 Å². The molecule has 0 aliphatic carbocycles. The fourth-order valence-electron chi connectivity index (χ4n) is 1.59. The van der Waals surface area contributed by atoms with Crippen LogP contribution in [0.1, 0.15) is 34.1 Å². The van der Waals surface area contributed by atoms with Gasteiger partial charge in [0, 0.05) is 13.5 Å². The van der Waals surface area contributed by atoms with Crippen molar-refractivity contribution in [2.24, 2.45) is 0 Å². The summed E-state index contributed by atoms with van der Waals surface area (Å²) in [6.45, 7) is 8.23. The largest absolute Gasteiger partial charge is 0.400 e. The molecule has 2 atom stereocenters. The van der Waals surface area contributed by atoms with E-state index in [0.29, 0.717) is 6.10 Å². The Labute approximate surface area is 74.7 Å². The molecule has 1 aliphatic heterocycles. The van der Waals surface area contributed by atoms with Crippen LogP contribution >= 0.6 is 0 Å². The van der Waals surface area contributed by atoms with Crippen molar-refractivity contribution < 1.29 is 14.6 Å². The van der Waals surface area contributed by atoms with Gasteiger partial charge in [-0.15, -0.1) is 0 Å². The second kappa shape index (κ2) is 4.80. The molecule has 12 heavy (non-hydrogen) atoms. The zero-order chi connectivity index (χ0) is 9.78. The number of rotatable bonds is 0. The van der Waals surface area contributed by atoms with Crippen LogP contribution in [-0.2, 0) is 9.47 Å². The molecule has 0 spiro atoms. The SMILES string of the molecule is CC1CC(C)(C)OC(C)O1.CO. The lowest BCUT2D eigenvalue weighted by Gasteiger charge is -2.38. The monoisotopic (exact) mass is 176 g/mol. The van der Waals surface area contributed by atoms with Gasteiger partial charge in [-0.3, -0.25) is 0 Å². The summed E-state index contributed by atoms with van der Waals surface area (Å²) in [4.78, 5) is 0. The highest BCUT2D eigenvalue weighted by Crippen LogP contribution is 2.26. The fourth-order valence-corrected chi connectivity index (χ4v) is 1.59. The third kappa shape index (κ3) is 4.04. The summed E-state index contributed by atoms with van der Waals surface area (Å²) in [5.74, 6) is 0. The van der Waals surface area contributed by atoms with E-state index in [1.165, 1.54) is 0 Å². The molecule has 0 bridgehead atoms. The molecular weight excluding hydrogens is 156 g/mol. The Bertz CT molecular complexity index is 111. The summed E-state index contributed by atoms with van der Waals surface area (Å²) >= 11 is 0. The summed E-state index contributed by atoms with van der Waals surface area (Å²) in [5, 5.41) is 7.00. The molecule has 0 saturated carbocycles. The average Bonchev–Trinajstić information content (AvgIpc) is 1.85. The quantitative estimate of drug-likeness (QED) is 0.608. The van der Waals surface area contributed by atoms with Crippen LogP contribution in [0.4, 0.5) is 0 Å². The molecular formula is C9H20O3. The molecule has 1 fully saturated rings. The van der Waals surface area contributed by atoms with Crippen molar-refractivity contribution in [1.29, 1.82) is 0 Å². The third-order valence-corrected chi connectivity index (χ3v) is 1.69. The van der Waals surface area contributed by atoms with E-state index in [1.54, 1.807) is 0 Å². The highest BCUT2D eigenvalue weighted by atomic mass is 16.7. The van der Waals surface area contributed by atoms with Gasteiger partial charge in [-0.25, -0.2) is 0 Å². The molecule has 1 N–H and O–H groups in total. The number of aliphatic hydroxyl groups is 1. The van der Waals surface area contributed by atoms with E-state index in [9.17, 15) is 0 Å². The minimum atomic E-state index is -0.0428. The Morgan fingerprint density at radius 1 is 1.25 bits per heavy atom. The van der Waals surface area contributed by atoms with Gasteiger partial charge in [-0.1, -0.05) is 0 Å². The van der Waals surface area contributed by atoms with Crippen molar-refractivity contribution in [3.8, 4) is 0 Å². The van der Waals surface area contributed by atoms with Gasteiger partial charge in [0.2, 0.25) is 0 Å². The van der Waals surface area contributed by atoms with Crippen LogP contribution in [0.15, 0.2) is 0 Å². The lowest BCUT2D eigenvalue weighted by Crippen LogP contribution is -2.41. The summed E-state index contributed by atoms with van der Waals surface area (Å²) in [6.07, 6.45) is 1.27. The van der Waals surface area contributed by atoms with E-state index in [-0.39, 0.29) is 11.9 Å². The van der Waals surface area contributed by atoms with Crippen LogP contribution in [-0.4, -0.2) is 30.2 Å². The fraction of sp³-hybridized carbons (Fsp3) is 1.00. The molecule has 1 aliphatic rings. The van der Waals surface area contributed by atoms with Crippen LogP contribution in [0.3, 0.4) is 0 Å². The van der Waals surface area contributed by atoms with Crippen LogP contribution in [0.5, 0.6) is 0 Å². The maximum Gasteiger partial charge on any atom is 0.155 e. The first-order valence-corrected chi connectivity index (χ1v) is 4.27. The Morgan fingerprint density at radius 3 is 2.08 bits per heavy atom. The van der Waals surface area contributed by atoms with E-state index in [1.807, 2.05) is 6.92 Å². The number of hydrogen-bond acceptors (Lipinski definition) is 3. The highest BCUT2D eigenvalue weighted by Gasteiger charge is 2.30. The van der Waals surface area contributed by atoms with E-state index in [2.05, 4.69) is 20.8 Å². The Balaban J connectivity index is 0.000000561. The van der Waals surface area contributed by atoms with Gasteiger partial charge in [0.15, 0.2) is 6.29 Å². The van der Waals surface area contributed by atoms with Crippen molar-refractivity contribution in [1.82, 2.24) is 0 Å². The Morgan fingerprint density at radius 2 is 1.75 bits per heavy atom. The van der Waals surface area contributed by atoms with Crippen LogP contribution in [0.2, 0.25) is 0 Å². The van der Waals surface area contributed by atoms with Crippen molar-refractivity contribution in [3.63, 3.8) is 0 Å². The summed E-state index contributed by atoms with van der Waals surface area (Å²) in [7, 11) is 1.00. The lowest BCUT2D eigenvalue weighted by molar-refractivity contribution is -0.260. The van der Waals surface area contributed by atoms with Crippen LogP contribution < -0.4 is 0 Å². The highest BCUT2D eigenvalue weighted by molar-refractivity contribution is 4.76. The van der Waals surface area contributed by atoms with E-state index >= 15 is 0 Å². The maximum absolute atomic E-state index is 7.00. The topological polar surface area (TPSA) is 38.7 Å². The molecule has 3 nitrogen and oxygen atoms in total. The van der Waals surface area contributed by atoms with Crippen molar-refractivity contribution >= 4 is 0 Å². The minimum absolute atomic E-state index is 0.00289. The maximum atomic E-state index is 7.00. The standard InChI is InChI=1S/C8H16O2.CH4O/c1-6-5-8(3,4)10-7(2)9-6;1-2/h6-7H,5H2,1-4H3;2H,1H3. The lowest BCUT2D eigenvalue weighted by atomic mass is 10.0. The van der Waals surface area contributed by atoms with Crippen molar-refractivity contribution in [2.75, 3.05) is 7.11 Å². The molecule has 74 valence electrons. The second-order valence-electron chi connectivity index (χ2n) is 3.60. The van der Waals surface area contributed by atoms with E-state index in [0.717, 1.165) is 13.5 Å². The first-order chi connectivity index (χ1) is 5.49. The van der Waals surface area contributed by atoms with E-state index in [4.69, 9.17) is 14.6 Å². The smallest absolute Gasteiger partial charge is 0.155 e. The van der Waals surface area contributed by atoms with E-state index < -0.39 is 0 Å². The normalized spacial score (nSPS) is 33.5. The molecule has 3 heteroatoms. The van der Waals surface area contributed by atoms with Gasteiger partial charge >= 0.3 is 0 Å². The number of ether oxygens (including phenoxy) is 2. The van der Waals surface area contributed by atoms with Gasteiger partial charge in [0.25, 0.3) is 0 Å². The number of aliphatic hydroxyl groups excluding tert-OH is 1. The van der Waals surface area contributed by atoms with Crippen LogP contribution in [0.25, 0.3) is 0 Å². The third-order valence-electron chi connectivity index (χ3n) is 1.69. The molecule has 0 aromatic rings. The minimum Gasteiger partial charge on any atom is -0.400 e. The van der Waals surface area contributed by atoms with Gasteiger partial charge in [0.1, 0.15) is 0 Å². The molecule has 0 aromatic heterocycles. The molecule has 0 aromatic carbocycles.